The summed E-state index contributed by atoms with van der Waals surface area (Å²) >= 11 is 0. The van der Waals surface area contributed by atoms with Crippen LogP contribution in [0.1, 0.15) is 53.2 Å². The Hall–Kier alpha value is -1.61. The van der Waals surface area contributed by atoms with Crippen LogP contribution in [0.2, 0.25) is 0 Å². The molecule has 2 rings (SSSR count). The van der Waals surface area contributed by atoms with E-state index in [9.17, 15) is 0 Å². The fourth-order valence-corrected chi connectivity index (χ4v) is 2.65. The number of hydrogen-bond acceptors (Lipinski definition) is 3. The van der Waals surface area contributed by atoms with E-state index >= 15 is 0 Å². The Labute approximate surface area is 121 Å². The van der Waals surface area contributed by atoms with Crippen LogP contribution in [0.15, 0.2) is 22.9 Å². The maximum Gasteiger partial charge on any atom is 0.106 e. The summed E-state index contributed by atoms with van der Waals surface area (Å²) in [6.07, 6.45) is 4.94. The number of rotatable bonds is 5. The number of aromatic nitrogens is 1. The molecule has 1 atom stereocenters. The maximum absolute atomic E-state index is 5.80. The van der Waals surface area contributed by atoms with Gasteiger partial charge in [-0.25, -0.2) is 0 Å². The Morgan fingerprint density at radius 3 is 2.45 bits per heavy atom. The van der Waals surface area contributed by atoms with E-state index in [-0.39, 0.29) is 6.04 Å². The minimum absolute atomic E-state index is 0.153. The van der Waals surface area contributed by atoms with Gasteiger partial charge in [0.05, 0.1) is 6.04 Å². The van der Waals surface area contributed by atoms with Crippen molar-refractivity contribution in [3.63, 3.8) is 0 Å². The first-order valence-electron chi connectivity index (χ1n) is 7.26. The van der Waals surface area contributed by atoms with Crippen molar-refractivity contribution in [3.05, 3.63) is 52.2 Å². The van der Waals surface area contributed by atoms with Crippen LogP contribution in [0.3, 0.4) is 0 Å². The average Bonchev–Trinajstić information content (AvgIpc) is 2.66. The van der Waals surface area contributed by atoms with Crippen LogP contribution in [-0.2, 0) is 0 Å². The topological polar surface area (TPSA) is 38.1 Å². The predicted molar refractivity (Wildman–Crippen MR) is 82.0 cm³/mol. The number of furan rings is 1. The summed E-state index contributed by atoms with van der Waals surface area (Å²) in [5.41, 5.74) is 4.87. The van der Waals surface area contributed by atoms with Crippen LogP contribution in [0.4, 0.5) is 0 Å². The molecule has 2 aromatic rings. The smallest absolute Gasteiger partial charge is 0.106 e. The van der Waals surface area contributed by atoms with Crippen molar-refractivity contribution in [2.24, 2.45) is 0 Å². The largest absolute Gasteiger partial charge is 0.466 e. The van der Waals surface area contributed by atoms with Gasteiger partial charge < -0.3 is 9.73 Å². The van der Waals surface area contributed by atoms with Crippen LogP contribution in [0, 0.1) is 27.7 Å². The molecule has 0 radical (unpaired) electrons. The van der Waals surface area contributed by atoms with E-state index in [1.54, 1.807) is 0 Å². The van der Waals surface area contributed by atoms with Crippen LogP contribution >= 0.6 is 0 Å². The van der Waals surface area contributed by atoms with Gasteiger partial charge in [0.15, 0.2) is 0 Å². The third-order valence-corrected chi connectivity index (χ3v) is 3.73. The average molecular weight is 272 g/mol. The summed E-state index contributed by atoms with van der Waals surface area (Å²) in [6.45, 7) is 11.4. The van der Waals surface area contributed by atoms with Crippen molar-refractivity contribution in [3.8, 4) is 0 Å². The molecule has 0 fully saturated rings. The first-order valence-corrected chi connectivity index (χ1v) is 7.26. The second-order valence-electron chi connectivity index (χ2n) is 5.44. The predicted octanol–water partition coefficient (Wildman–Crippen LogP) is 4.00. The number of pyridine rings is 1. The molecule has 0 saturated heterocycles. The minimum atomic E-state index is 0.153. The zero-order chi connectivity index (χ0) is 14.7. The highest BCUT2D eigenvalue weighted by molar-refractivity contribution is 5.40. The summed E-state index contributed by atoms with van der Waals surface area (Å²) in [6, 6.07) is 2.35. The van der Waals surface area contributed by atoms with Gasteiger partial charge in [0.1, 0.15) is 11.5 Å². The van der Waals surface area contributed by atoms with Crippen molar-refractivity contribution in [1.29, 1.82) is 0 Å². The molecule has 0 aliphatic carbocycles. The summed E-state index contributed by atoms with van der Waals surface area (Å²) in [5, 5.41) is 3.62. The summed E-state index contributed by atoms with van der Waals surface area (Å²) in [4.78, 5) is 4.33. The van der Waals surface area contributed by atoms with Crippen molar-refractivity contribution in [2.75, 3.05) is 6.54 Å². The van der Waals surface area contributed by atoms with E-state index in [1.807, 2.05) is 26.2 Å². The summed E-state index contributed by atoms with van der Waals surface area (Å²) in [7, 11) is 0. The number of aryl methyl sites for hydroxylation is 3. The number of hydrogen-bond donors (Lipinski definition) is 1. The quantitative estimate of drug-likeness (QED) is 0.894. The highest BCUT2D eigenvalue weighted by atomic mass is 16.3. The zero-order valence-electron chi connectivity index (χ0n) is 13.1. The van der Waals surface area contributed by atoms with Crippen LogP contribution in [0.5, 0.6) is 0 Å². The molecule has 3 heteroatoms. The molecule has 0 aliphatic heterocycles. The monoisotopic (exact) mass is 272 g/mol. The van der Waals surface area contributed by atoms with Crippen molar-refractivity contribution in [2.45, 2.75) is 47.1 Å². The van der Waals surface area contributed by atoms with E-state index < -0.39 is 0 Å². The molecule has 108 valence electrons. The van der Waals surface area contributed by atoms with E-state index in [0.717, 1.165) is 24.5 Å². The molecule has 0 aromatic carbocycles. The molecule has 20 heavy (non-hydrogen) atoms. The van der Waals surface area contributed by atoms with Crippen molar-refractivity contribution >= 4 is 0 Å². The van der Waals surface area contributed by atoms with Crippen molar-refractivity contribution in [1.82, 2.24) is 10.3 Å². The molecular weight excluding hydrogens is 248 g/mol. The molecule has 2 heterocycles. The molecule has 0 spiro atoms. The van der Waals surface area contributed by atoms with Crippen LogP contribution < -0.4 is 5.32 Å². The maximum atomic E-state index is 5.80. The molecule has 2 aromatic heterocycles. The molecule has 0 saturated carbocycles. The summed E-state index contributed by atoms with van der Waals surface area (Å²) < 4.78 is 5.80. The molecule has 1 N–H and O–H groups in total. The van der Waals surface area contributed by atoms with Gasteiger partial charge in [0.25, 0.3) is 0 Å². The lowest BCUT2D eigenvalue weighted by atomic mass is 9.95. The van der Waals surface area contributed by atoms with Gasteiger partial charge in [0.2, 0.25) is 0 Å². The summed E-state index contributed by atoms with van der Waals surface area (Å²) in [5.74, 6) is 2.00. The Morgan fingerprint density at radius 1 is 1.15 bits per heavy atom. The molecule has 0 aliphatic rings. The van der Waals surface area contributed by atoms with E-state index in [2.05, 4.69) is 37.1 Å². The fourth-order valence-electron chi connectivity index (χ4n) is 2.65. The number of nitrogens with zero attached hydrogens (tertiary/aromatic N) is 1. The van der Waals surface area contributed by atoms with Gasteiger partial charge in [-0.15, -0.1) is 0 Å². The Kier molecular flexibility index (Phi) is 4.61. The highest BCUT2D eigenvalue weighted by Gasteiger charge is 2.22. The van der Waals surface area contributed by atoms with E-state index in [1.165, 1.54) is 22.3 Å². The lowest BCUT2D eigenvalue weighted by molar-refractivity contribution is 0.492. The third kappa shape index (κ3) is 2.93. The van der Waals surface area contributed by atoms with Crippen LogP contribution in [0.25, 0.3) is 0 Å². The lowest BCUT2D eigenvalue weighted by Gasteiger charge is -2.20. The van der Waals surface area contributed by atoms with Gasteiger partial charge in [-0.2, -0.15) is 0 Å². The first-order chi connectivity index (χ1) is 9.54. The van der Waals surface area contributed by atoms with Gasteiger partial charge in [-0.05, 0) is 57.4 Å². The lowest BCUT2D eigenvalue weighted by Crippen LogP contribution is -2.24. The molecule has 0 bridgehead atoms. The standard InChI is InChI=1S/C17H24N2O/c1-6-7-19-17(15-8-11(2)9-18-10-15)16-12(3)13(4)20-14(16)5/h8-10,17,19H,6-7H2,1-5H3. The molecule has 3 nitrogen and oxygen atoms in total. The SMILES string of the molecule is CCCNC(c1cncc(C)c1)c1c(C)oc(C)c1C. The second kappa shape index (κ2) is 6.23. The van der Waals surface area contributed by atoms with Gasteiger partial charge in [-0.1, -0.05) is 13.0 Å². The zero-order valence-corrected chi connectivity index (χ0v) is 13.1. The molecular formula is C17H24N2O. The Balaban J connectivity index is 2.47. The van der Waals surface area contributed by atoms with Crippen LogP contribution in [-0.4, -0.2) is 11.5 Å². The fraction of sp³-hybridized carbons (Fsp3) is 0.471. The first kappa shape index (κ1) is 14.8. The number of nitrogens with one attached hydrogen (secondary N) is 1. The highest BCUT2D eigenvalue weighted by Crippen LogP contribution is 2.31. The van der Waals surface area contributed by atoms with E-state index in [0.29, 0.717) is 0 Å². The third-order valence-electron chi connectivity index (χ3n) is 3.73. The molecule has 1 unspecified atom stereocenters. The van der Waals surface area contributed by atoms with Gasteiger partial charge in [0, 0.05) is 18.0 Å². The minimum Gasteiger partial charge on any atom is -0.466 e. The Morgan fingerprint density at radius 2 is 1.90 bits per heavy atom. The van der Waals surface area contributed by atoms with Gasteiger partial charge in [-0.3, -0.25) is 4.98 Å². The van der Waals surface area contributed by atoms with Crippen molar-refractivity contribution < 1.29 is 4.42 Å². The molecule has 0 amide bonds. The normalized spacial score (nSPS) is 12.7. The Bertz CT molecular complexity index is 587. The van der Waals surface area contributed by atoms with E-state index in [4.69, 9.17) is 4.42 Å². The van der Waals surface area contributed by atoms with Gasteiger partial charge >= 0.3 is 0 Å². The second-order valence-corrected chi connectivity index (χ2v) is 5.44.